The average molecular weight is 411 g/mol. The molecule has 1 unspecified atom stereocenters. The van der Waals surface area contributed by atoms with Crippen LogP contribution in [0.15, 0.2) is 30.3 Å². The molecule has 0 bridgehead atoms. The standard InChI is InChI=1S/C17H22N3O7P/c1-4-16(28(25,26-5-2)27-6-3)18-17-13-10-8-7-9-12(13)14(19(21)22)11-15(17)20(23)24/h7-11,16,18H,4-6H2,1-3H3. The first kappa shape index (κ1) is 21.7. The fourth-order valence-corrected chi connectivity index (χ4v) is 4.83. The van der Waals surface area contributed by atoms with E-state index in [1.54, 1.807) is 32.9 Å². The largest absolute Gasteiger partial charge is 0.365 e. The number of hydrogen-bond donors (Lipinski definition) is 1. The highest BCUT2D eigenvalue weighted by Crippen LogP contribution is 2.55. The van der Waals surface area contributed by atoms with Gasteiger partial charge >= 0.3 is 7.60 Å². The van der Waals surface area contributed by atoms with Crippen molar-refractivity contribution in [3.8, 4) is 0 Å². The van der Waals surface area contributed by atoms with Crippen LogP contribution in [0.2, 0.25) is 0 Å². The van der Waals surface area contributed by atoms with Crippen LogP contribution in [0.4, 0.5) is 17.1 Å². The molecule has 0 saturated carbocycles. The van der Waals surface area contributed by atoms with Gasteiger partial charge in [-0.3, -0.25) is 24.8 Å². The number of nitro benzene ring substituents is 2. The molecule has 0 saturated heterocycles. The van der Waals surface area contributed by atoms with Gasteiger partial charge in [-0.1, -0.05) is 25.1 Å². The molecule has 0 radical (unpaired) electrons. The lowest BCUT2D eigenvalue weighted by atomic mass is 10.0. The predicted molar refractivity (Wildman–Crippen MR) is 106 cm³/mol. The van der Waals surface area contributed by atoms with Crippen LogP contribution in [-0.2, 0) is 13.6 Å². The SMILES string of the molecule is CCOP(=O)(OCC)C(CC)Nc1c([N+](=O)[O-])cc([N+](=O)[O-])c2ccccc12. The van der Waals surface area contributed by atoms with Gasteiger partial charge in [-0.05, 0) is 26.3 Å². The van der Waals surface area contributed by atoms with Gasteiger partial charge in [0.15, 0.2) is 0 Å². The summed E-state index contributed by atoms with van der Waals surface area (Å²) < 4.78 is 23.9. The molecule has 0 aromatic heterocycles. The zero-order chi connectivity index (χ0) is 20.9. The molecule has 0 aliphatic rings. The van der Waals surface area contributed by atoms with Gasteiger partial charge in [-0.2, -0.15) is 0 Å². The molecule has 1 atom stereocenters. The van der Waals surface area contributed by atoms with Crippen LogP contribution in [0.1, 0.15) is 27.2 Å². The molecule has 0 aliphatic heterocycles. The van der Waals surface area contributed by atoms with Gasteiger partial charge in [0, 0.05) is 5.39 Å². The van der Waals surface area contributed by atoms with Crippen LogP contribution in [-0.4, -0.2) is 28.8 Å². The molecule has 10 nitrogen and oxygen atoms in total. The van der Waals surface area contributed by atoms with Crippen molar-refractivity contribution in [1.29, 1.82) is 0 Å². The number of anilines is 1. The first-order valence-corrected chi connectivity index (χ1v) is 10.4. The molecule has 152 valence electrons. The van der Waals surface area contributed by atoms with E-state index in [1.165, 1.54) is 12.1 Å². The monoisotopic (exact) mass is 411 g/mol. The van der Waals surface area contributed by atoms with Crippen molar-refractivity contribution in [2.75, 3.05) is 18.5 Å². The number of benzene rings is 2. The Bertz CT molecular complexity index is 924. The van der Waals surface area contributed by atoms with Crippen molar-refractivity contribution in [3.63, 3.8) is 0 Å². The van der Waals surface area contributed by atoms with Crippen LogP contribution in [0.3, 0.4) is 0 Å². The van der Waals surface area contributed by atoms with Crippen molar-refractivity contribution < 1.29 is 23.5 Å². The lowest BCUT2D eigenvalue weighted by molar-refractivity contribution is -0.392. The van der Waals surface area contributed by atoms with Gasteiger partial charge < -0.3 is 14.4 Å². The molecule has 28 heavy (non-hydrogen) atoms. The fourth-order valence-electron chi connectivity index (χ4n) is 2.94. The van der Waals surface area contributed by atoms with Gasteiger partial charge in [0.1, 0.15) is 11.5 Å². The van der Waals surface area contributed by atoms with Crippen LogP contribution in [0.25, 0.3) is 10.8 Å². The van der Waals surface area contributed by atoms with Crippen molar-refractivity contribution in [2.24, 2.45) is 0 Å². The number of nitrogens with zero attached hydrogens (tertiary/aromatic N) is 2. The van der Waals surface area contributed by atoms with Crippen LogP contribution in [0, 0.1) is 20.2 Å². The Morgan fingerprint density at radius 3 is 2.00 bits per heavy atom. The van der Waals surface area contributed by atoms with E-state index in [-0.39, 0.29) is 35.4 Å². The Morgan fingerprint density at radius 1 is 1.00 bits per heavy atom. The molecule has 0 fully saturated rings. The minimum absolute atomic E-state index is 0.0395. The van der Waals surface area contributed by atoms with Crippen molar-refractivity contribution >= 4 is 35.4 Å². The fraction of sp³-hybridized carbons (Fsp3) is 0.412. The normalized spacial score (nSPS) is 12.7. The van der Waals surface area contributed by atoms with E-state index in [4.69, 9.17) is 9.05 Å². The molecule has 11 heteroatoms. The Morgan fingerprint density at radius 2 is 1.54 bits per heavy atom. The van der Waals surface area contributed by atoms with Crippen LogP contribution >= 0.6 is 7.60 Å². The lowest BCUT2D eigenvalue weighted by Gasteiger charge is -2.27. The lowest BCUT2D eigenvalue weighted by Crippen LogP contribution is -2.22. The van der Waals surface area contributed by atoms with E-state index in [2.05, 4.69) is 5.32 Å². The molecular weight excluding hydrogens is 389 g/mol. The van der Waals surface area contributed by atoms with E-state index in [0.29, 0.717) is 6.42 Å². The summed E-state index contributed by atoms with van der Waals surface area (Å²) in [4.78, 5) is 21.6. The number of nitro groups is 2. The van der Waals surface area contributed by atoms with E-state index in [9.17, 15) is 24.8 Å². The molecule has 2 rings (SSSR count). The molecule has 0 amide bonds. The number of nitrogens with one attached hydrogen (secondary N) is 1. The van der Waals surface area contributed by atoms with Crippen molar-refractivity contribution in [3.05, 3.63) is 50.6 Å². The molecule has 2 aromatic carbocycles. The summed E-state index contributed by atoms with van der Waals surface area (Å²) in [6, 6.07) is 7.18. The number of non-ortho nitro benzene ring substituents is 1. The van der Waals surface area contributed by atoms with Gasteiger partial charge in [0.05, 0.1) is 34.5 Å². The molecule has 0 aliphatic carbocycles. The zero-order valence-electron chi connectivity index (χ0n) is 15.8. The maximum Gasteiger partial charge on any atom is 0.352 e. The highest BCUT2D eigenvalue weighted by Gasteiger charge is 2.37. The average Bonchev–Trinajstić information content (AvgIpc) is 2.65. The third kappa shape index (κ3) is 4.30. The maximum absolute atomic E-state index is 13.2. The van der Waals surface area contributed by atoms with Crippen LogP contribution in [0.5, 0.6) is 0 Å². The quantitative estimate of drug-likeness (QED) is 0.325. The zero-order valence-corrected chi connectivity index (χ0v) is 16.7. The van der Waals surface area contributed by atoms with Crippen molar-refractivity contribution in [1.82, 2.24) is 0 Å². The Kier molecular flexibility index (Phi) is 7.06. The summed E-state index contributed by atoms with van der Waals surface area (Å²) in [5.74, 6) is -0.865. The Labute approximate surface area is 161 Å². The van der Waals surface area contributed by atoms with E-state index < -0.39 is 28.9 Å². The maximum atomic E-state index is 13.2. The predicted octanol–water partition coefficient (Wildman–Crippen LogP) is 5.07. The second kappa shape index (κ2) is 9.09. The molecule has 0 spiro atoms. The van der Waals surface area contributed by atoms with E-state index in [1.807, 2.05) is 0 Å². The van der Waals surface area contributed by atoms with Gasteiger partial charge in [-0.15, -0.1) is 0 Å². The summed E-state index contributed by atoms with van der Waals surface area (Å²) in [6.45, 7) is 5.35. The Balaban J connectivity index is 2.69. The first-order chi connectivity index (χ1) is 13.3. The number of rotatable bonds is 10. The van der Waals surface area contributed by atoms with Gasteiger partial charge in [-0.25, -0.2) is 0 Å². The Hall–Kier alpha value is -2.55. The summed E-state index contributed by atoms with van der Waals surface area (Å²) in [5, 5.41) is 26.4. The second-order valence-corrected chi connectivity index (χ2v) is 8.01. The van der Waals surface area contributed by atoms with Gasteiger partial charge in [0.25, 0.3) is 11.4 Å². The molecule has 2 aromatic rings. The molecular formula is C17H22N3O7P. The van der Waals surface area contributed by atoms with Crippen LogP contribution < -0.4 is 5.32 Å². The summed E-state index contributed by atoms with van der Waals surface area (Å²) in [5.41, 5.74) is -0.820. The smallest absolute Gasteiger partial charge is 0.352 e. The number of fused-ring (bicyclic) bond motifs is 1. The van der Waals surface area contributed by atoms with E-state index in [0.717, 1.165) is 6.07 Å². The van der Waals surface area contributed by atoms with Gasteiger partial charge in [0.2, 0.25) is 0 Å². The second-order valence-electron chi connectivity index (χ2n) is 5.79. The highest BCUT2D eigenvalue weighted by atomic mass is 31.2. The van der Waals surface area contributed by atoms with Crippen molar-refractivity contribution in [2.45, 2.75) is 33.0 Å². The summed E-state index contributed by atoms with van der Waals surface area (Å²) >= 11 is 0. The molecule has 1 N–H and O–H groups in total. The summed E-state index contributed by atoms with van der Waals surface area (Å²) in [6.07, 6.45) is 0.291. The topological polar surface area (TPSA) is 134 Å². The third-order valence-corrected chi connectivity index (χ3v) is 6.59. The van der Waals surface area contributed by atoms with E-state index >= 15 is 0 Å². The number of hydrogen-bond acceptors (Lipinski definition) is 8. The minimum Gasteiger partial charge on any atom is -0.365 e. The minimum atomic E-state index is -3.62. The third-order valence-electron chi connectivity index (χ3n) is 4.09. The molecule has 0 heterocycles. The summed E-state index contributed by atoms with van der Waals surface area (Å²) in [7, 11) is -3.62. The highest BCUT2D eigenvalue weighted by molar-refractivity contribution is 7.54. The first-order valence-electron chi connectivity index (χ1n) is 8.78.